The second-order valence-corrected chi connectivity index (χ2v) is 4.57. The van der Waals surface area contributed by atoms with Gasteiger partial charge in [-0.15, -0.1) is 0 Å². The Morgan fingerprint density at radius 2 is 2.29 bits per heavy atom. The number of pyridine rings is 1. The highest BCUT2D eigenvalue weighted by molar-refractivity contribution is 5.95. The third kappa shape index (κ3) is 1.77. The first kappa shape index (κ1) is 10.3. The fourth-order valence-electron chi connectivity index (χ4n) is 1.97. The lowest BCUT2D eigenvalue weighted by Gasteiger charge is -2.03. The number of rotatable bonds is 2. The van der Waals surface area contributed by atoms with Gasteiger partial charge in [0.25, 0.3) is 0 Å². The molecular formula is C12H14N4O. The lowest BCUT2D eigenvalue weighted by molar-refractivity contribution is -0.117. The number of anilines is 1. The molecule has 1 N–H and O–H groups in total. The summed E-state index contributed by atoms with van der Waals surface area (Å²) in [4.78, 5) is 16.0. The van der Waals surface area contributed by atoms with Crippen molar-refractivity contribution in [3.63, 3.8) is 0 Å². The molecule has 0 radical (unpaired) electrons. The van der Waals surface area contributed by atoms with Crippen LogP contribution >= 0.6 is 0 Å². The van der Waals surface area contributed by atoms with E-state index in [1.54, 1.807) is 10.9 Å². The summed E-state index contributed by atoms with van der Waals surface area (Å²) < 4.78 is 1.75. The summed E-state index contributed by atoms with van der Waals surface area (Å²) in [5.41, 5.74) is 2.52. The number of amides is 1. The highest BCUT2D eigenvalue weighted by atomic mass is 16.2. The molecule has 1 amide bonds. The van der Waals surface area contributed by atoms with E-state index in [1.807, 2.05) is 20.0 Å². The molecule has 1 saturated carbocycles. The van der Waals surface area contributed by atoms with Crippen molar-refractivity contribution in [2.75, 3.05) is 5.32 Å². The first-order valence-corrected chi connectivity index (χ1v) is 5.75. The summed E-state index contributed by atoms with van der Waals surface area (Å²) in [5.74, 6) is 0.313. The van der Waals surface area contributed by atoms with E-state index in [2.05, 4.69) is 15.4 Å². The van der Waals surface area contributed by atoms with Crippen LogP contribution in [0.1, 0.15) is 18.5 Å². The second-order valence-electron chi connectivity index (χ2n) is 4.57. The van der Waals surface area contributed by atoms with Gasteiger partial charge in [0.1, 0.15) is 0 Å². The minimum atomic E-state index is 0.104. The molecule has 2 aromatic rings. The van der Waals surface area contributed by atoms with E-state index in [-0.39, 0.29) is 11.8 Å². The smallest absolute Gasteiger partial charge is 0.227 e. The molecule has 2 heterocycles. The van der Waals surface area contributed by atoms with Crippen LogP contribution in [0.5, 0.6) is 0 Å². The molecule has 1 fully saturated rings. The number of fused-ring (bicyclic) bond motifs is 1. The van der Waals surface area contributed by atoms with Gasteiger partial charge in [-0.25, -0.2) is 4.98 Å². The average Bonchev–Trinajstić information content (AvgIpc) is 3.08. The molecule has 2 aromatic heterocycles. The molecule has 88 valence electrons. The van der Waals surface area contributed by atoms with Gasteiger partial charge in [-0.3, -0.25) is 9.48 Å². The van der Waals surface area contributed by atoms with Crippen molar-refractivity contribution in [1.29, 1.82) is 0 Å². The molecular weight excluding hydrogens is 216 g/mol. The van der Waals surface area contributed by atoms with E-state index < -0.39 is 0 Å². The van der Waals surface area contributed by atoms with E-state index in [1.165, 1.54) is 0 Å². The van der Waals surface area contributed by atoms with Gasteiger partial charge in [0.2, 0.25) is 5.91 Å². The van der Waals surface area contributed by atoms with E-state index in [4.69, 9.17) is 0 Å². The molecule has 1 aliphatic rings. The molecule has 0 spiro atoms. The lowest BCUT2D eigenvalue weighted by atomic mass is 10.2. The summed E-state index contributed by atoms with van der Waals surface area (Å²) in [6, 6.07) is 1.94. The Hall–Kier alpha value is -1.91. The van der Waals surface area contributed by atoms with Crippen molar-refractivity contribution in [3.05, 3.63) is 18.0 Å². The van der Waals surface area contributed by atoms with Gasteiger partial charge in [0, 0.05) is 18.4 Å². The van der Waals surface area contributed by atoms with E-state index >= 15 is 0 Å². The Bertz CT molecular complexity index is 598. The molecule has 0 atom stereocenters. The van der Waals surface area contributed by atoms with Crippen molar-refractivity contribution < 1.29 is 4.79 Å². The normalized spacial score (nSPS) is 15.2. The zero-order valence-corrected chi connectivity index (χ0v) is 9.90. The lowest BCUT2D eigenvalue weighted by Crippen LogP contribution is -2.13. The van der Waals surface area contributed by atoms with Crippen LogP contribution in [0.2, 0.25) is 0 Å². The van der Waals surface area contributed by atoms with Crippen molar-refractivity contribution in [2.24, 2.45) is 13.0 Å². The standard InChI is InChI=1S/C12H14N4O/c1-7-10-5-9(14-12(17)8-3-4-8)6-13-11(10)16(2)15-7/h5-6,8H,3-4H2,1-2H3,(H,14,17). The van der Waals surface area contributed by atoms with Crippen LogP contribution in [-0.4, -0.2) is 20.7 Å². The Morgan fingerprint density at radius 1 is 1.53 bits per heavy atom. The third-order valence-electron chi connectivity index (χ3n) is 3.08. The van der Waals surface area contributed by atoms with Gasteiger partial charge in [-0.2, -0.15) is 5.10 Å². The number of hydrogen-bond acceptors (Lipinski definition) is 3. The molecule has 5 nitrogen and oxygen atoms in total. The largest absolute Gasteiger partial charge is 0.324 e. The number of nitrogens with zero attached hydrogens (tertiary/aromatic N) is 3. The summed E-state index contributed by atoms with van der Waals surface area (Å²) in [5, 5.41) is 8.18. The number of hydrogen-bond donors (Lipinski definition) is 1. The highest BCUT2D eigenvalue weighted by Gasteiger charge is 2.29. The minimum Gasteiger partial charge on any atom is -0.324 e. The minimum absolute atomic E-state index is 0.104. The van der Waals surface area contributed by atoms with Gasteiger partial charge in [0.05, 0.1) is 17.6 Å². The predicted octanol–water partition coefficient (Wildman–Crippen LogP) is 1.63. The number of aromatic nitrogens is 3. The van der Waals surface area contributed by atoms with Crippen LogP contribution in [-0.2, 0) is 11.8 Å². The molecule has 0 aliphatic heterocycles. The first-order chi connectivity index (χ1) is 8.15. The fourth-order valence-corrected chi connectivity index (χ4v) is 1.97. The summed E-state index contributed by atoms with van der Waals surface area (Å²) in [6.07, 6.45) is 3.70. The quantitative estimate of drug-likeness (QED) is 0.852. The zero-order valence-electron chi connectivity index (χ0n) is 9.90. The number of aryl methyl sites for hydroxylation is 2. The molecule has 5 heteroatoms. The molecule has 3 rings (SSSR count). The van der Waals surface area contributed by atoms with Crippen molar-refractivity contribution in [2.45, 2.75) is 19.8 Å². The zero-order chi connectivity index (χ0) is 12.0. The maximum absolute atomic E-state index is 11.6. The molecule has 0 unspecified atom stereocenters. The van der Waals surface area contributed by atoms with Gasteiger partial charge >= 0.3 is 0 Å². The maximum atomic E-state index is 11.6. The van der Waals surface area contributed by atoms with Crippen LogP contribution in [0.15, 0.2) is 12.3 Å². The third-order valence-corrected chi connectivity index (χ3v) is 3.08. The van der Waals surface area contributed by atoms with Crippen LogP contribution in [0, 0.1) is 12.8 Å². The molecule has 17 heavy (non-hydrogen) atoms. The summed E-state index contributed by atoms with van der Waals surface area (Å²) >= 11 is 0. The SMILES string of the molecule is Cc1nn(C)c2ncc(NC(=O)C3CC3)cc12. The van der Waals surface area contributed by atoms with Crippen LogP contribution < -0.4 is 5.32 Å². The van der Waals surface area contributed by atoms with Crippen molar-refractivity contribution in [3.8, 4) is 0 Å². The molecule has 0 aromatic carbocycles. The van der Waals surface area contributed by atoms with Crippen LogP contribution in [0.3, 0.4) is 0 Å². The van der Waals surface area contributed by atoms with E-state index in [0.29, 0.717) is 0 Å². The highest BCUT2D eigenvalue weighted by Crippen LogP contribution is 2.30. The van der Waals surface area contributed by atoms with Crippen LogP contribution in [0.4, 0.5) is 5.69 Å². The predicted molar refractivity (Wildman–Crippen MR) is 64.6 cm³/mol. The monoisotopic (exact) mass is 230 g/mol. The Kier molecular flexibility index (Phi) is 2.14. The maximum Gasteiger partial charge on any atom is 0.227 e. The Balaban J connectivity index is 1.95. The average molecular weight is 230 g/mol. The molecule has 0 bridgehead atoms. The summed E-state index contributed by atoms with van der Waals surface area (Å²) in [7, 11) is 1.87. The van der Waals surface area contributed by atoms with Gasteiger partial charge in [-0.1, -0.05) is 0 Å². The Labute approximate surface area is 98.8 Å². The van der Waals surface area contributed by atoms with E-state index in [0.717, 1.165) is 35.3 Å². The topological polar surface area (TPSA) is 59.8 Å². The van der Waals surface area contributed by atoms with Gasteiger partial charge < -0.3 is 5.32 Å². The van der Waals surface area contributed by atoms with E-state index in [9.17, 15) is 4.79 Å². The number of carbonyl (C=O) groups is 1. The van der Waals surface area contributed by atoms with Crippen molar-refractivity contribution >= 4 is 22.6 Å². The van der Waals surface area contributed by atoms with Gasteiger partial charge in [-0.05, 0) is 25.8 Å². The Morgan fingerprint density at radius 3 is 3.00 bits per heavy atom. The first-order valence-electron chi connectivity index (χ1n) is 5.75. The van der Waals surface area contributed by atoms with Gasteiger partial charge in [0.15, 0.2) is 5.65 Å². The number of nitrogens with one attached hydrogen (secondary N) is 1. The fraction of sp³-hybridized carbons (Fsp3) is 0.417. The molecule has 1 aliphatic carbocycles. The van der Waals surface area contributed by atoms with Crippen LogP contribution in [0.25, 0.3) is 11.0 Å². The van der Waals surface area contributed by atoms with Crippen molar-refractivity contribution in [1.82, 2.24) is 14.8 Å². The summed E-state index contributed by atoms with van der Waals surface area (Å²) in [6.45, 7) is 1.94. The second kappa shape index (κ2) is 3.55. The molecule has 0 saturated heterocycles. The number of carbonyl (C=O) groups excluding carboxylic acids is 1.